The minimum Gasteiger partial charge on any atom is -0.380 e. The summed E-state index contributed by atoms with van der Waals surface area (Å²) in [7, 11) is 3.82. The summed E-state index contributed by atoms with van der Waals surface area (Å²) >= 11 is 0. The number of benzene rings is 2. The number of aliphatic hydroxyl groups excluding tert-OH is 1. The minimum absolute atomic E-state index is 0.288. The molecule has 2 aromatic carbocycles. The van der Waals surface area contributed by atoms with Crippen molar-refractivity contribution in [1.82, 2.24) is 0 Å². The average Bonchev–Trinajstić information content (AvgIpc) is 2.46. The maximum absolute atomic E-state index is 12.8. The van der Waals surface area contributed by atoms with Crippen molar-refractivity contribution in [2.24, 2.45) is 0 Å². The van der Waals surface area contributed by atoms with Gasteiger partial charge in [0, 0.05) is 25.3 Å². The Morgan fingerprint density at radius 3 is 2.10 bits per heavy atom. The number of hydrogen-bond donors (Lipinski definition) is 1. The van der Waals surface area contributed by atoms with E-state index in [9.17, 15) is 14.3 Å². The van der Waals surface area contributed by atoms with Crippen LogP contribution in [0.1, 0.15) is 22.0 Å². The Kier molecular flexibility index (Phi) is 4.15. The predicted molar refractivity (Wildman–Crippen MR) is 76.5 cm³/mol. The van der Waals surface area contributed by atoms with E-state index < -0.39 is 17.7 Å². The van der Waals surface area contributed by atoms with Gasteiger partial charge in [0.2, 0.25) is 0 Å². The molecule has 104 valence electrons. The van der Waals surface area contributed by atoms with E-state index >= 15 is 0 Å². The van der Waals surface area contributed by atoms with Crippen molar-refractivity contribution in [2.45, 2.75) is 6.10 Å². The van der Waals surface area contributed by atoms with Crippen LogP contribution in [0.15, 0.2) is 48.5 Å². The Hall–Kier alpha value is -2.20. The van der Waals surface area contributed by atoms with Crippen LogP contribution in [0.4, 0.5) is 10.1 Å². The fourth-order valence-corrected chi connectivity index (χ4v) is 1.88. The number of nitrogens with zero attached hydrogens (tertiary/aromatic N) is 1. The molecule has 4 heteroatoms. The largest absolute Gasteiger partial charge is 0.380 e. The van der Waals surface area contributed by atoms with Crippen LogP contribution < -0.4 is 4.90 Å². The Balaban J connectivity index is 2.19. The quantitative estimate of drug-likeness (QED) is 0.871. The van der Waals surface area contributed by atoms with Crippen LogP contribution in [0, 0.1) is 5.82 Å². The molecule has 2 aromatic rings. The van der Waals surface area contributed by atoms with E-state index in [0.717, 1.165) is 5.69 Å². The van der Waals surface area contributed by atoms with Crippen LogP contribution >= 0.6 is 0 Å². The molecule has 1 N–H and O–H groups in total. The molecule has 0 spiro atoms. The van der Waals surface area contributed by atoms with Crippen LogP contribution in [-0.2, 0) is 0 Å². The van der Waals surface area contributed by atoms with E-state index in [2.05, 4.69) is 0 Å². The van der Waals surface area contributed by atoms with Crippen LogP contribution in [0.3, 0.4) is 0 Å². The van der Waals surface area contributed by atoms with Crippen molar-refractivity contribution < 1.29 is 14.3 Å². The fraction of sp³-hybridized carbons (Fsp3) is 0.188. The van der Waals surface area contributed by atoms with Crippen LogP contribution in [0.2, 0.25) is 0 Å². The molecule has 20 heavy (non-hydrogen) atoms. The first-order chi connectivity index (χ1) is 9.49. The number of anilines is 1. The zero-order valence-corrected chi connectivity index (χ0v) is 11.4. The van der Waals surface area contributed by atoms with E-state index in [-0.39, 0.29) is 5.56 Å². The molecule has 0 radical (unpaired) electrons. The van der Waals surface area contributed by atoms with Gasteiger partial charge in [0.1, 0.15) is 11.9 Å². The zero-order valence-electron chi connectivity index (χ0n) is 11.4. The summed E-state index contributed by atoms with van der Waals surface area (Å²) in [6.45, 7) is 0. The molecule has 0 saturated heterocycles. The highest BCUT2D eigenvalue weighted by molar-refractivity contribution is 5.99. The normalized spacial score (nSPS) is 12.0. The van der Waals surface area contributed by atoms with Gasteiger partial charge in [-0.15, -0.1) is 0 Å². The summed E-state index contributed by atoms with van der Waals surface area (Å²) in [5, 5.41) is 10.1. The number of ketones is 1. The molecule has 3 nitrogen and oxygen atoms in total. The van der Waals surface area contributed by atoms with E-state index in [1.807, 2.05) is 31.1 Å². The third kappa shape index (κ3) is 3.03. The monoisotopic (exact) mass is 273 g/mol. The second kappa shape index (κ2) is 5.84. The highest BCUT2D eigenvalue weighted by atomic mass is 19.1. The first kappa shape index (κ1) is 14.2. The summed E-state index contributed by atoms with van der Waals surface area (Å²) < 4.78 is 12.8. The Labute approximate surface area is 117 Å². The number of carbonyl (C=O) groups is 1. The Morgan fingerprint density at radius 2 is 1.60 bits per heavy atom. The van der Waals surface area contributed by atoms with E-state index in [1.165, 1.54) is 24.3 Å². The van der Waals surface area contributed by atoms with Gasteiger partial charge in [-0.3, -0.25) is 4.79 Å². The van der Waals surface area contributed by atoms with Crippen molar-refractivity contribution in [3.05, 3.63) is 65.5 Å². The molecule has 0 aromatic heterocycles. The third-order valence-corrected chi connectivity index (χ3v) is 3.10. The predicted octanol–water partition coefficient (Wildman–Crippen LogP) is 2.81. The molecular formula is C16H16FNO2. The molecule has 1 unspecified atom stereocenters. The summed E-state index contributed by atoms with van der Waals surface area (Å²) in [5.74, 6) is -0.853. The summed E-state index contributed by atoms with van der Waals surface area (Å²) in [5.41, 5.74) is 1.79. The van der Waals surface area contributed by atoms with E-state index in [1.54, 1.807) is 12.1 Å². The molecule has 1 atom stereocenters. The van der Waals surface area contributed by atoms with Gasteiger partial charge in [-0.25, -0.2) is 4.39 Å². The van der Waals surface area contributed by atoms with Crippen molar-refractivity contribution in [3.63, 3.8) is 0 Å². The van der Waals surface area contributed by atoms with Gasteiger partial charge in [-0.05, 0) is 42.0 Å². The van der Waals surface area contributed by atoms with Crippen molar-refractivity contribution in [2.75, 3.05) is 19.0 Å². The molecule has 0 aliphatic carbocycles. The zero-order chi connectivity index (χ0) is 14.7. The van der Waals surface area contributed by atoms with Crippen molar-refractivity contribution >= 4 is 11.5 Å². The Bertz CT molecular complexity index is 591. The minimum atomic E-state index is -1.24. The molecule has 0 aliphatic rings. The first-order valence-electron chi connectivity index (χ1n) is 6.24. The number of aliphatic hydroxyl groups is 1. The third-order valence-electron chi connectivity index (χ3n) is 3.10. The van der Waals surface area contributed by atoms with Gasteiger partial charge in [-0.1, -0.05) is 12.1 Å². The fourth-order valence-electron chi connectivity index (χ4n) is 1.88. The highest BCUT2D eigenvalue weighted by Gasteiger charge is 2.19. The standard InChI is InChI=1S/C16H16FNO2/c1-18(2)14-9-5-12(6-10-14)16(20)15(19)11-3-7-13(17)8-4-11/h3-10,16,20H,1-2H3. The van der Waals surface area contributed by atoms with Crippen LogP contribution in [0.5, 0.6) is 0 Å². The topological polar surface area (TPSA) is 40.5 Å². The lowest BCUT2D eigenvalue weighted by Crippen LogP contribution is -2.13. The Morgan fingerprint density at radius 1 is 1.05 bits per heavy atom. The molecular weight excluding hydrogens is 257 g/mol. The lowest BCUT2D eigenvalue weighted by Gasteiger charge is -2.14. The van der Waals surface area contributed by atoms with Gasteiger partial charge >= 0.3 is 0 Å². The first-order valence-corrected chi connectivity index (χ1v) is 6.24. The smallest absolute Gasteiger partial charge is 0.195 e. The molecule has 0 amide bonds. The number of rotatable bonds is 4. The van der Waals surface area contributed by atoms with Crippen molar-refractivity contribution in [1.29, 1.82) is 0 Å². The van der Waals surface area contributed by atoms with E-state index in [0.29, 0.717) is 5.56 Å². The van der Waals surface area contributed by atoms with Crippen LogP contribution in [-0.4, -0.2) is 25.0 Å². The van der Waals surface area contributed by atoms with Gasteiger partial charge in [0.25, 0.3) is 0 Å². The second-order valence-corrected chi connectivity index (χ2v) is 4.76. The molecule has 0 aliphatic heterocycles. The summed E-state index contributed by atoms with van der Waals surface area (Å²) in [6.07, 6.45) is -1.24. The van der Waals surface area contributed by atoms with Gasteiger partial charge in [-0.2, -0.15) is 0 Å². The van der Waals surface area contributed by atoms with E-state index in [4.69, 9.17) is 0 Å². The summed E-state index contributed by atoms with van der Waals surface area (Å²) in [6, 6.07) is 12.2. The lowest BCUT2D eigenvalue weighted by molar-refractivity contribution is 0.0747. The number of halogens is 1. The van der Waals surface area contributed by atoms with Crippen LogP contribution in [0.25, 0.3) is 0 Å². The van der Waals surface area contributed by atoms with Crippen molar-refractivity contribution in [3.8, 4) is 0 Å². The molecule has 0 heterocycles. The highest BCUT2D eigenvalue weighted by Crippen LogP contribution is 2.21. The maximum atomic E-state index is 12.8. The average molecular weight is 273 g/mol. The number of hydrogen-bond acceptors (Lipinski definition) is 3. The second-order valence-electron chi connectivity index (χ2n) is 4.76. The summed E-state index contributed by atoms with van der Waals surface area (Å²) in [4.78, 5) is 14.0. The molecule has 2 rings (SSSR count). The molecule has 0 bridgehead atoms. The lowest BCUT2D eigenvalue weighted by atomic mass is 10.00. The molecule has 0 fully saturated rings. The van der Waals surface area contributed by atoms with Gasteiger partial charge in [0.15, 0.2) is 5.78 Å². The number of carbonyl (C=O) groups excluding carboxylic acids is 1. The maximum Gasteiger partial charge on any atom is 0.195 e. The SMILES string of the molecule is CN(C)c1ccc(C(O)C(=O)c2ccc(F)cc2)cc1. The van der Waals surface area contributed by atoms with Gasteiger partial charge < -0.3 is 10.0 Å². The van der Waals surface area contributed by atoms with Gasteiger partial charge in [0.05, 0.1) is 0 Å². The molecule has 0 saturated carbocycles. The number of Topliss-reactive ketones (excluding diaryl/α,β-unsaturated/α-hetero) is 1.